The summed E-state index contributed by atoms with van der Waals surface area (Å²) in [5.41, 5.74) is 0. The zero-order chi connectivity index (χ0) is 9.78. The van der Waals surface area contributed by atoms with Crippen LogP contribution in [-0.4, -0.2) is 13.1 Å². The van der Waals surface area contributed by atoms with Gasteiger partial charge in [0.1, 0.15) is 0 Å². The quantitative estimate of drug-likeness (QED) is 0.467. The van der Waals surface area contributed by atoms with E-state index in [1.807, 2.05) is 0 Å². The largest absolute Gasteiger partial charge is 0.317 e. The summed E-state index contributed by atoms with van der Waals surface area (Å²) in [7, 11) is 0. The van der Waals surface area contributed by atoms with E-state index in [9.17, 15) is 0 Å². The Bertz CT molecular complexity index is 76.4. The number of hydrogen-bond acceptors (Lipinski definition) is 1. The van der Waals surface area contributed by atoms with E-state index in [0.717, 1.165) is 6.54 Å². The third-order valence-electron chi connectivity index (χ3n) is 2.46. The molecule has 0 heterocycles. The molecule has 0 aromatic carbocycles. The van der Waals surface area contributed by atoms with E-state index in [0.29, 0.717) is 0 Å². The molecular weight excluding hydrogens is 285 g/mol. The molecule has 2 heteroatoms. The maximum Gasteiger partial charge on any atom is -0.00490 e. The molecule has 0 amide bonds. The first-order valence-electron chi connectivity index (χ1n) is 6.12. The molecule has 1 nitrogen and oxygen atoms in total. The van der Waals surface area contributed by atoms with Gasteiger partial charge in [0.25, 0.3) is 0 Å². The minimum absolute atomic E-state index is 0. The van der Waals surface area contributed by atoms with Crippen LogP contribution in [0.3, 0.4) is 0 Å². The molecule has 0 bridgehead atoms. The number of rotatable bonds is 10. The predicted octanol–water partition coefficient (Wildman–Crippen LogP) is 4.35. The third-order valence-corrected chi connectivity index (χ3v) is 2.46. The Hall–Kier alpha value is 0.690. The first kappa shape index (κ1) is 17.1. The van der Waals surface area contributed by atoms with Gasteiger partial charge in [-0.15, -0.1) is 24.0 Å². The van der Waals surface area contributed by atoms with Crippen molar-refractivity contribution < 1.29 is 0 Å². The van der Waals surface area contributed by atoms with Gasteiger partial charge in [0, 0.05) is 0 Å². The summed E-state index contributed by atoms with van der Waals surface area (Å²) in [6.45, 7) is 6.78. The molecule has 0 aliphatic heterocycles. The van der Waals surface area contributed by atoms with Crippen molar-refractivity contribution in [3.63, 3.8) is 0 Å². The van der Waals surface area contributed by atoms with Crippen LogP contribution in [0, 0.1) is 0 Å². The number of hydrogen-bond donors (Lipinski definition) is 1. The van der Waals surface area contributed by atoms with E-state index in [2.05, 4.69) is 19.2 Å². The van der Waals surface area contributed by atoms with Gasteiger partial charge in [-0.05, 0) is 19.5 Å². The summed E-state index contributed by atoms with van der Waals surface area (Å²) in [4.78, 5) is 0. The van der Waals surface area contributed by atoms with Crippen LogP contribution in [0.2, 0.25) is 0 Å². The molecule has 0 unspecified atom stereocenters. The lowest BCUT2D eigenvalue weighted by Crippen LogP contribution is -2.13. The summed E-state index contributed by atoms with van der Waals surface area (Å²) >= 11 is 0. The highest BCUT2D eigenvalue weighted by molar-refractivity contribution is 14.0. The summed E-state index contributed by atoms with van der Waals surface area (Å²) < 4.78 is 0. The summed E-state index contributed by atoms with van der Waals surface area (Å²) in [5.74, 6) is 0. The van der Waals surface area contributed by atoms with Crippen molar-refractivity contribution in [3.05, 3.63) is 0 Å². The fourth-order valence-corrected chi connectivity index (χ4v) is 1.56. The Labute approximate surface area is 107 Å². The Morgan fingerprint density at radius 3 is 1.71 bits per heavy atom. The van der Waals surface area contributed by atoms with E-state index in [-0.39, 0.29) is 24.0 Å². The molecule has 0 fully saturated rings. The molecule has 0 saturated carbocycles. The van der Waals surface area contributed by atoms with Gasteiger partial charge in [-0.25, -0.2) is 0 Å². The second-order valence-corrected chi connectivity index (χ2v) is 3.83. The maximum absolute atomic E-state index is 3.36. The summed E-state index contributed by atoms with van der Waals surface area (Å²) in [6, 6.07) is 0. The van der Waals surface area contributed by atoms with Crippen LogP contribution in [0.4, 0.5) is 0 Å². The lowest BCUT2D eigenvalue weighted by atomic mass is 10.1. The minimum Gasteiger partial charge on any atom is -0.317 e. The topological polar surface area (TPSA) is 12.0 Å². The van der Waals surface area contributed by atoms with Gasteiger partial charge >= 0.3 is 0 Å². The number of unbranched alkanes of at least 4 members (excludes halogenated alkanes) is 7. The number of nitrogens with one attached hydrogen (secondary N) is 1. The monoisotopic (exact) mass is 313 g/mol. The van der Waals surface area contributed by atoms with E-state index in [4.69, 9.17) is 0 Å². The molecular formula is C12H28IN. The molecule has 88 valence electrons. The molecule has 0 saturated heterocycles. The van der Waals surface area contributed by atoms with Crippen molar-refractivity contribution in [2.24, 2.45) is 0 Å². The van der Waals surface area contributed by atoms with Gasteiger partial charge in [0.2, 0.25) is 0 Å². The van der Waals surface area contributed by atoms with Crippen LogP contribution < -0.4 is 5.32 Å². The summed E-state index contributed by atoms with van der Waals surface area (Å²) in [5, 5.41) is 3.36. The normalized spacial score (nSPS) is 9.86. The van der Waals surface area contributed by atoms with Crippen LogP contribution in [0.5, 0.6) is 0 Å². The second-order valence-electron chi connectivity index (χ2n) is 3.83. The lowest BCUT2D eigenvalue weighted by molar-refractivity contribution is 0.560. The van der Waals surface area contributed by atoms with E-state index < -0.39 is 0 Å². The number of halogens is 1. The van der Waals surface area contributed by atoms with Crippen molar-refractivity contribution in [2.75, 3.05) is 13.1 Å². The maximum atomic E-state index is 3.36. The molecule has 14 heavy (non-hydrogen) atoms. The van der Waals surface area contributed by atoms with E-state index >= 15 is 0 Å². The molecule has 0 aromatic rings. The first-order chi connectivity index (χ1) is 6.41. The van der Waals surface area contributed by atoms with Gasteiger partial charge in [-0.2, -0.15) is 0 Å². The van der Waals surface area contributed by atoms with Crippen molar-refractivity contribution in [1.29, 1.82) is 0 Å². The fourth-order valence-electron chi connectivity index (χ4n) is 1.56. The average Bonchev–Trinajstić information content (AvgIpc) is 2.16. The SMILES string of the molecule is CCCCCCCCCCNCC.I. The van der Waals surface area contributed by atoms with Crippen LogP contribution in [0.25, 0.3) is 0 Å². The Balaban J connectivity index is 0. The first-order valence-corrected chi connectivity index (χ1v) is 6.12. The van der Waals surface area contributed by atoms with E-state index in [1.54, 1.807) is 0 Å². The van der Waals surface area contributed by atoms with Gasteiger partial charge in [0.15, 0.2) is 0 Å². The average molecular weight is 313 g/mol. The Morgan fingerprint density at radius 2 is 1.21 bits per heavy atom. The van der Waals surface area contributed by atoms with Gasteiger partial charge in [-0.1, -0.05) is 58.8 Å². The molecule has 0 radical (unpaired) electrons. The van der Waals surface area contributed by atoms with Gasteiger partial charge < -0.3 is 5.32 Å². The molecule has 0 rings (SSSR count). The van der Waals surface area contributed by atoms with Gasteiger partial charge in [0.05, 0.1) is 0 Å². The smallest absolute Gasteiger partial charge is 0.00490 e. The molecule has 0 aromatic heterocycles. The predicted molar refractivity (Wildman–Crippen MR) is 76.6 cm³/mol. The van der Waals surface area contributed by atoms with Crippen LogP contribution >= 0.6 is 24.0 Å². The zero-order valence-electron chi connectivity index (χ0n) is 9.98. The van der Waals surface area contributed by atoms with E-state index in [1.165, 1.54) is 57.9 Å². The van der Waals surface area contributed by atoms with Crippen LogP contribution in [0.1, 0.15) is 65.2 Å². The minimum atomic E-state index is 0. The van der Waals surface area contributed by atoms with Crippen LogP contribution in [-0.2, 0) is 0 Å². The highest BCUT2D eigenvalue weighted by Crippen LogP contribution is 2.07. The third kappa shape index (κ3) is 15.2. The van der Waals surface area contributed by atoms with Crippen LogP contribution in [0.15, 0.2) is 0 Å². The fraction of sp³-hybridized carbons (Fsp3) is 1.00. The van der Waals surface area contributed by atoms with Crippen molar-refractivity contribution in [2.45, 2.75) is 65.2 Å². The molecule has 0 aliphatic rings. The van der Waals surface area contributed by atoms with Crippen molar-refractivity contribution in [3.8, 4) is 0 Å². The molecule has 1 N–H and O–H groups in total. The van der Waals surface area contributed by atoms with Crippen molar-refractivity contribution >= 4 is 24.0 Å². The molecule has 0 atom stereocenters. The van der Waals surface area contributed by atoms with Crippen molar-refractivity contribution in [1.82, 2.24) is 5.32 Å². The zero-order valence-corrected chi connectivity index (χ0v) is 12.3. The summed E-state index contributed by atoms with van der Waals surface area (Å²) in [6.07, 6.45) is 11.4. The highest BCUT2D eigenvalue weighted by Gasteiger charge is 1.90. The molecule has 0 aliphatic carbocycles. The standard InChI is InChI=1S/C12H27N.HI/c1-3-5-6-7-8-9-10-11-12-13-4-2;/h13H,3-12H2,1-2H3;1H. The Kier molecular flexibility index (Phi) is 19.7. The lowest BCUT2D eigenvalue weighted by Gasteiger charge is -2.01. The van der Waals surface area contributed by atoms with Gasteiger partial charge in [-0.3, -0.25) is 0 Å². The Morgan fingerprint density at radius 1 is 0.714 bits per heavy atom. The molecule has 0 spiro atoms. The highest BCUT2D eigenvalue weighted by atomic mass is 127. The second kappa shape index (κ2) is 16.1.